The van der Waals surface area contributed by atoms with Crippen LogP contribution in [0.5, 0.6) is 5.75 Å². The van der Waals surface area contributed by atoms with Crippen LogP contribution in [-0.4, -0.2) is 49.1 Å². The summed E-state index contributed by atoms with van der Waals surface area (Å²) in [6.07, 6.45) is 3.49. The van der Waals surface area contributed by atoms with Gasteiger partial charge < -0.3 is 21.5 Å². The van der Waals surface area contributed by atoms with E-state index >= 15 is 0 Å². The first kappa shape index (κ1) is 21.9. The average Bonchev–Trinajstić information content (AvgIpc) is 2.77. The van der Waals surface area contributed by atoms with Gasteiger partial charge in [-0.3, -0.25) is 0 Å². The summed E-state index contributed by atoms with van der Waals surface area (Å²) in [6, 6.07) is 4.93. The maximum atomic E-state index is 14.5. The Morgan fingerprint density at radius 2 is 1.91 bits per heavy atom. The maximum Gasteiger partial charge on any atom is 0.220 e. The molecule has 1 fully saturated rings. The van der Waals surface area contributed by atoms with E-state index in [9.17, 15) is 9.50 Å². The van der Waals surface area contributed by atoms with Gasteiger partial charge in [-0.05, 0) is 63.9 Å². The van der Waals surface area contributed by atoms with Crippen molar-refractivity contribution >= 4 is 11.8 Å². The van der Waals surface area contributed by atoms with Crippen LogP contribution in [0.25, 0.3) is 22.6 Å². The summed E-state index contributed by atoms with van der Waals surface area (Å²) in [7, 11) is 0. The first-order valence-corrected chi connectivity index (χ1v) is 10.7. The molecule has 1 unspecified atom stereocenters. The van der Waals surface area contributed by atoms with Gasteiger partial charge in [0.1, 0.15) is 17.1 Å². The van der Waals surface area contributed by atoms with Crippen molar-refractivity contribution in [3.63, 3.8) is 0 Å². The second-order valence-electron chi connectivity index (χ2n) is 8.49. The number of nitrogens with zero attached hydrogens (tertiary/aromatic N) is 5. The van der Waals surface area contributed by atoms with Crippen LogP contribution >= 0.6 is 0 Å². The molecule has 0 aliphatic carbocycles. The number of piperidine rings is 1. The van der Waals surface area contributed by atoms with Crippen molar-refractivity contribution in [1.82, 2.24) is 24.8 Å². The Morgan fingerprint density at radius 1 is 1.12 bits per heavy atom. The molecule has 5 N–H and O–H groups in total. The molecule has 0 radical (unpaired) electrons. The van der Waals surface area contributed by atoms with Crippen LogP contribution in [0.3, 0.4) is 0 Å². The average molecular weight is 438 g/mol. The number of aromatic hydroxyl groups is 1. The molecule has 0 saturated carbocycles. The van der Waals surface area contributed by atoms with Crippen LogP contribution < -0.4 is 11.5 Å². The summed E-state index contributed by atoms with van der Waals surface area (Å²) in [5.74, 6) is -0.620. The van der Waals surface area contributed by atoms with Gasteiger partial charge in [-0.25, -0.2) is 24.3 Å². The Labute approximate surface area is 186 Å². The number of nitrogen functional groups attached to an aromatic ring is 2. The highest BCUT2D eigenvalue weighted by Crippen LogP contribution is 2.36. The summed E-state index contributed by atoms with van der Waals surface area (Å²) in [6.45, 7) is 8.24. The first-order valence-electron chi connectivity index (χ1n) is 10.7. The van der Waals surface area contributed by atoms with E-state index in [0.717, 1.165) is 37.2 Å². The molecule has 1 atom stereocenters. The van der Waals surface area contributed by atoms with Gasteiger partial charge >= 0.3 is 0 Å². The number of halogens is 1. The SMILES string of the molecule is Cc1c(-c2nc(-c3ccnc(N)c3F)ccc2O)nc(N)nc1C1CCCN(C(C)C)C1. The molecule has 4 rings (SSSR count). The second-order valence-corrected chi connectivity index (χ2v) is 8.49. The number of hydrogen-bond donors (Lipinski definition) is 3. The highest BCUT2D eigenvalue weighted by atomic mass is 19.1. The summed E-state index contributed by atoms with van der Waals surface area (Å²) in [5, 5.41) is 10.6. The lowest BCUT2D eigenvalue weighted by Crippen LogP contribution is -2.39. The van der Waals surface area contributed by atoms with Crippen LogP contribution in [0.4, 0.5) is 16.2 Å². The fourth-order valence-electron chi connectivity index (χ4n) is 4.31. The lowest BCUT2D eigenvalue weighted by atomic mass is 9.90. The van der Waals surface area contributed by atoms with Gasteiger partial charge in [0.15, 0.2) is 11.6 Å². The third-order valence-electron chi connectivity index (χ3n) is 6.06. The van der Waals surface area contributed by atoms with Crippen LogP contribution in [0.2, 0.25) is 0 Å². The number of hydrogen-bond acceptors (Lipinski definition) is 8. The van der Waals surface area contributed by atoms with Crippen molar-refractivity contribution < 1.29 is 9.50 Å². The van der Waals surface area contributed by atoms with E-state index < -0.39 is 5.82 Å². The standard InChI is InChI=1S/C23H28FN7O/c1-12(2)31-10-4-5-14(11-31)19-13(3)20(30-23(26)29-19)21-17(32)7-6-16(28-21)15-8-9-27-22(25)18(15)24/h6-9,12,14,32H,4-5,10-11H2,1-3H3,(H2,25,27)(H2,26,29,30). The predicted molar refractivity (Wildman–Crippen MR) is 122 cm³/mol. The monoisotopic (exact) mass is 437 g/mol. The Kier molecular flexibility index (Phi) is 5.92. The largest absolute Gasteiger partial charge is 0.506 e. The number of nitrogens with two attached hydrogens (primary N) is 2. The van der Waals surface area contributed by atoms with Crippen molar-refractivity contribution in [1.29, 1.82) is 0 Å². The fraction of sp³-hybridized carbons (Fsp3) is 0.391. The Balaban J connectivity index is 1.80. The van der Waals surface area contributed by atoms with E-state index in [2.05, 4.69) is 38.7 Å². The molecule has 0 aromatic carbocycles. The van der Waals surface area contributed by atoms with Gasteiger partial charge in [0.25, 0.3) is 0 Å². The lowest BCUT2D eigenvalue weighted by molar-refractivity contribution is 0.166. The summed E-state index contributed by atoms with van der Waals surface area (Å²) >= 11 is 0. The molecule has 32 heavy (non-hydrogen) atoms. The zero-order chi connectivity index (χ0) is 23.0. The molecule has 1 saturated heterocycles. The molecule has 8 nitrogen and oxygen atoms in total. The van der Waals surface area contributed by atoms with Crippen LogP contribution in [-0.2, 0) is 0 Å². The maximum absolute atomic E-state index is 14.5. The molecule has 3 aromatic rings. The zero-order valence-electron chi connectivity index (χ0n) is 18.5. The third-order valence-corrected chi connectivity index (χ3v) is 6.06. The second kappa shape index (κ2) is 8.66. The fourth-order valence-corrected chi connectivity index (χ4v) is 4.31. The first-order chi connectivity index (χ1) is 15.3. The van der Waals surface area contributed by atoms with E-state index in [-0.39, 0.29) is 34.7 Å². The minimum atomic E-state index is -0.660. The van der Waals surface area contributed by atoms with Gasteiger partial charge in [-0.15, -0.1) is 0 Å². The minimum Gasteiger partial charge on any atom is -0.506 e. The van der Waals surface area contributed by atoms with Crippen molar-refractivity contribution in [2.24, 2.45) is 0 Å². The Morgan fingerprint density at radius 3 is 2.66 bits per heavy atom. The molecule has 4 heterocycles. The van der Waals surface area contributed by atoms with E-state index in [1.54, 1.807) is 0 Å². The molecule has 0 spiro atoms. The van der Waals surface area contributed by atoms with Crippen LogP contribution in [0.15, 0.2) is 24.4 Å². The Hall–Kier alpha value is -3.33. The lowest BCUT2D eigenvalue weighted by Gasteiger charge is -2.35. The molecule has 9 heteroatoms. The molecule has 3 aromatic heterocycles. The minimum absolute atomic E-state index is 0.0733. The van der Waals surface area contributed by atoms with E-state index in [0.29, 0.717) is 17.4 Å². The molecule has 1 aliphatic rings. The number of likely N-dealkylation sites (tertiary alicyclic amines) is 1. The molecular formula is C23H28FN7O. The third kappa shape index (κ3) is 4.08. The van der Waals surface area contributed by atoms with Gasteiger partial charge in [0.2, 0.25) is 5.95 Å². The van der Waals surface area contributed by atoms with Gasteiger partial charge in [0, 0.05) is 30.3 Å². The smallest absolute Gasteiger partial charge is 0.220 e. The predicted octanol–water partition coefficient (Wildman–Crippen LogP) is 3.51. The van der Waals surface area contributed by atoms with Crippen LogP contribution in [0, 0.1) is 12.7 Å². The molecule has 0 amide bonds. The molecule has 0 bridgehead atoms. The van der Waals surface area contributed by atoms with E-state index in [1.165, 1.54) is 24.4 Å². The summed E-state index contributed by atoms with van der Waals surface area (Å²) in [4.78, 5) is 19.6. The van der Waals surface area contributed by atoms with E-state index in [4.69, 9.17) is 11.5 Å². The number of anilines is 2. The van der Waals surface area contributed by atoms with Crippen molar-refractivity contribution in [2.75, 3.05) is 24.6 Å². The van der Waals surface area contributed by atoms with Crippen molar-refractivity contribution in [2.45, 2.75) is 45.6 Å². The summed E-state index contributed by atoms with van der Waals surface area (Å²) in [5.41, 5.74) is 14.5. The topological polar surface area (TPSA) is 127 Å². The van der Waals surface area contributed by atoms with Gasteiger partial charge in [0.05, 0.1) is 11.4 Å². The van der Waals surface area contributed by atoms with Gasteiger partial charge in [-0.1, -0.05) is 0 Å². The number of pyridine rings is 2. The molecule has 168 valence electrons. The van der Waals surface area contributed by atoms with Crippen molar-refractivity contribution in [3.8, 4) is 28.4 Å². The Bertz CT molecular complexity index is 1150. The van der Waals surface area contributed by atoms with Crippen LogP contribution in [0.1, 0.15) is 43.9 Å². The van der Waals surface area contributed by atoms with Gasteiger partial charge in [-0.2, -0.15) is 0 Å². The van der Waals surface area contributed by atoms with E-state index in [1.807, 2.05) is 6.92 Å². The highest BCUT2D eigenvalue weighted by molar-refractivity contribution is 5.72. The molecule has 1 aliphatic heterocycles. The number of aromatic nitrogens is 4. The highest BCUT2D eigenvalue weighted by Gasteiger charge is 2.28. The molecular weight excluding hydrogens is 409 g/mol. The zero-order valence-corrected chi connectivity index (χ0v) is 18.5. The quantitative estimate of drug-likeness (QED) is 0.566. The summed E-state index contributed by atoms with van der Waals surface area (Å²) < 4.78 is 14.5. The van der Waals surface area contributed by atoms with Crippen molar-refractivity contribution in [3.05, 3.63) is 41.5 Å². The normalized spacial score (nSPS) is 17.1. The number of rotatable bonds is 4.